The fourth-order valence-corrected chi connectivity index (χ4v) is 3.81. The number of nitrogens with two attached hydrogens (primary N) is 1. The molecule has 2 N–H and O–H groups in total. The van der Waals surface area contributed by atoms with Gasteiger partial charge in [0.1, 0.15) is 20.0 Å². The van der Waals surface area contributed by atoms with E-state index in [0.717, 1.165) is 14.4 Å². The Bertz CT molecular complexity index is 491. The van der Waals surface area contributed by atoms with Crippen LogP contribution in [-0.4, -0.2) is 10.6 Å². The van der Waals surface area contributed by atoms with E-state index in [-0.39, 0.29) is 0 Å². The van der Waals surface area contributed by atoms with Gasteiger partial charge in [0.05, 0.1) is 11.1 Å². The first-order chi connectivity index (χ1) is 6.27. The number of thioether (sulfide) groups is 1. The fraction of sp³-hybridized carbons (Fsp3) is 0.143. The number of hydrogen-bond acceptors (Lipinski definition) is 6. The van der Waals surface area contributed by atoms with Gasteiger partial charge in [0.2, 0.25) is 0 Å². The van der Waals surface area contributed by atoms with Crippen LogP contribution in [0.4, 0.5) is 5.69 Å². The average molecular weight is 227 g/mol. The van der Waals surface area contributed by atoms with Crippen molar-refractivity contribution >= 4 is 49.7 Å². The van der Waals surface area contributed by atoms with Crippen molar-refractivity contribution in [3.8, 4) is 6.07 Å². The first-order valence-corrected chi connectivity index (χ1v) is 6.21. The van der Waals surface area contributed by atoms with Gasteiger partial charge in [-0.3, -0.25) is 0 Å². The second-order valence-corrected chi connectivity index (χ2v) is 5.16. The van der Waals surface area contributed by atoms with Gasteiger partial charge in [-0.2, -0.15) is 9.64 Å². The fourth-order valence-electron chi connectivity index (χ4n) is 1.04. The summed E-state index contributed by atoms with van der Waals surface area (Å²) < 4.78 is 5.28. The van der Waals surface area contributed by atoms with Crippen LogP contribution in [0.1, 0.15) is 4.88 Å². The first-order valence-electron chi connectivity index (χ1n) is 3.39. The molecule has 2 heterocycles. The highest BCUT2D eigenvalue weighted by Gasteiger charge is 2.15. The largest absolute Gasteiger partial charge is 0.396 e. The molecule has 0 bridgehead atoms. The second kappa shape index (κ2) is 3.18. The molecule has 0 atom stereocenters. The molecule has 0 fully saturated rings. The molecule has 0 aliphatic rings. The lowest BCUT2D eigenvalue weighted by atomic mass is 10.3. The van der Waals surface area contributed by atoms with Crippen molar-refractivity contribution in [2.45, 2.75) is 5.03 Å². The van der Waals surface area contributed by atoms with Crippen LogP contribution >= 0.6 is 34.6 Å². The van der Waals surface area contributed by atoms with Crippen molar-refractivity contribution in [1.29, 1.82) is 5.26 Å². The van der Waals surface area contributed by atoms with Crippen molar-refractivity contribution in [3.63, 3.8) is 0 Å². The van der Waals surface area contributed by atoms with E-state index in [2.05, 4.69) is 10.4 Å². The van der Waals surface area contributed by atoms with Crippen LogP contribution in [0.25, 0.3) is 9.40 Å². The minimum absolute atomic E-state index is 0.584. The molecule has 2 rings (SSSR count). The lowest BCUT2D eigenvalue weighted by Gasteiger charge is -1.89. The first kappa shape index (κ1) is 8.81. The van der Waals surface area contributed by atoms with Crippen LogP contribution < -0.4 is 5.73 Å². The van der Waals surface area contributed by atoms with E-state index in [0.29, 0.717) is 10.6 Å². The summed E-state index contributed by atoms with van der Waals surface area (Å²) in [4.78, 5) is 0.596. The van der Waals surface area contributed by atoms with E-state index in [1.807, 2.05) is 6.26 Å². The standard InChI is InChI=1S/C7H5N3S3/c1-11-6-4-5(9)3(2-8)12-7(4)13-10-6/h9H2,1H3. The number of nitrogens with zero attached hydrogens (tertiary/aromatic N) is 2. The number of fused-ring (bicyclic) bond motifs is 1. The van der Waals surface area contributed by atoms with Gasteiger partial charge in [-0.05, 0) is 17.8 Å². The summed E-state index contributed by atoms with van der Waals surface area (Å²) in [6.07, 6.45) is 1.96. The van der Waals surface area contributed by atoms with Crippen LogP contribution in [0, 0.1) is 11.3 Å². The zero-order valence-electron chi connectivity index (χ0n) is 6.70. The molecule has 13 heavy (non-hydrogen) atoms. The summed E-state index contributed by atoms with van der Waals surface area (Å²) in [7, 11) is 0. The SMILES string of the molecule is CSc1nsc2sc(C#N)c(N)c12. The maximum Gasteiger partial charge on any atom is 0.129 e. The zero-order chi connectivity index (χ0) is 9.42. The average Bonchev–Trinajstić information content (AvgIpc) is 2.66. The van der Waals surface area contributed by atoms with Crippen molar-refractivity contribution in [1.82, 2.24) is 4.37 Å². The van der Waals surface area contributed by atoms with E-state index in [1.54, 1.807) is 11.8 Å². The molecule has 0 saturated carbocycles. The van der Waals surface area contributed by atoms with E-state index in [1.165, 1.54) is 22.9 Å². The monoisotopic (exact) mass is 227 g/mol. The van der Waals surface area contributed by atoms with Gasteiger partial charge in [-0.15, -0.1) is 23.1 Å². The summed E-state index contributed by atoms with van der Waals surface area (Å²) in [5, 5.41) is 10.6. The van der Waals surface area contributed by atoms with Crippen LogP contribution in [0.5, 0.6) is 0 Å². The molecular formula is C7H5N3S3. The summed E-state index contributed by atoms with van der Waals surface area (Å²) in [6.45, 7) is 0. The summed E-state index contributed by atoms with van der Waals surface area (Å²) in [6, 6.07) is 2.09. The third kappa shape index (κ3) is 1.20. The highest BCUT2D eigenvalue weighted by Crippen LogP contribution is 2.40. The van der Waals surface area contributed by atoms with Gasteiger partial charge in [-0.1, -0.05) is 0 Å². The van der Waals surface area contributed by atoms with Crippen LogP contribution in [0.3, 0.4) is 0 Å². The predicted octanol–water partition coefficient (Wildman–Crippen LogP) is 2.53. The highest BCUT2D eigenvalue weighted by atomic mass is 32.2. The summed E-state index contributed by atoms with van der Waals surface area (Å²) >= 11 is 4.38. The maximum absolute atomic E-state index is 8.76. The van der Waals surface area contributed by atoms with Crippen LogP contribution in [0.2, 0.25) is 0 Å². The molecule has 0 unspecified atom stereocenters. The Morgan fingerprint density at radius 2 is 2.38 bits per heavy atom. The van der Waals surface area contributed by atoms with Crippen molar-refractivity contribution < 1.29 is 0 Å². The predicted molar refractivity (Wildman–Crippen MR) is 58.4 cm³/mol. The summed E-state index contributed by atoms with van der Waals surface area (Å²) in [5.41, 5.74) is 6.40. The lowest BCUT2D eigenvalue weighted by molar-refractivity contribution is 1.33. The van der Waals surface area contributed by atoms with Crippen molar-refractivity contribution in [3.05, 3.63) is 4.88 Å². The molecule has 0 spiro atoms. The van der Waals surface area contributed by atoms with Gasteiger partial charge in [0, 0.05) is 0 Å². The normalized spacial score (nSPS) is 10.5. The van der Waals surface area contributed by atoms with Crippen LogP contribution in [-0.2, 0) is 0 Å². The Hall–Kier alpha value is -0.770. The Morgan fingerprint density at radius 3 is 3.00 bits per heavy atom. The molecule has 0 radical (unpaired) electrons. The van der Waals surface area contributed by atoms with Gasteiger partial charge in [0.25, 0.3) is 0 Å². The van der Waals surface area contributed by atoms with Crippen molar-refractivity contribution in [2.24, 2.45) is 0 Å². The van der Waals surface area contributed by atoms with Crippen LogP contribution in [0.15, 0.2) is 5.03 Å². The van der Waals surface area contributed by atoms with E-state index in [4.69, 9.17) is 11.0 Å². The minimum atomic E-state index is 0.584. The number of anilines is 1. The number of nitrogen functional groups attached to an aromatic ring is 1. The Balaban J connectivity index is 2.81. The minimum Gasteiger partial charge on any atom is -0.396 e. The Morgan fingerprint density at radius 1 is 1.62 bits per heavy atom. The number of aromatic nitrogens is 1. The smallest absolute Gasteiger partial charge is 0.129 e. The maximum atomic E-state index is 8.76. The zero-order valence-corrected chi connectivity index (χ0v) is 9.15. The molecule has 6 heteroatoms. The Labute approximate surface area is 87.3 Å². The molecule has 0 amide bonds. The third-order valence-corrected chi connectivity index (χ3v) is 4.45. The van der Waals surface area contributed by atoms with Gasteiger partial charge in [0.15, 0.2) is 0 Å². The van der Waals surface area contributed by atoms with Crippen molar-refractivity contribution in [2.75, 3.05) is 12.0 Å². The third-order valence-electron chi connectivity index (χ3n) is 1.63. The van der Waals surface area contributed by atoms with Gasteiger partial charge >= 0.3 is 0 Å². The number of hydrogen-bond donors (Lipinski definition) is 1. The summed E-state index contributed by atoms with van der Waals surface area (Å²) in [5.74, 6) is 0. The second-order valence-electron chi connectivity index (χ2n) is 2.31. The molecule has 2 aromatic heterocycles. The Kier molecular flexibility index (Phi) is 2.15. The molecule has 0 saturated heterocycles. The molecule has 0 aliphatic carbocycles. The van der Waals surface area contributed by atoms with Gasteiger partial charge < -0.3 is 5.73 Å². The molecule has 3 nitrogen and oxygen atoms in total. The number of rotatable bonds is 1. The molecule has 0 aromatic carbocycles. The highest BCUT2D eigenvalue weighted by molar-refractivity contribution is 7.98. The lowest BCUT2D eigenvalue weighted by Crippen LogP contribution is -1.84. The van der Waals surface area contributed by atoms with E-state index < -0.39 is 0 Å². The quantitative estimate of drug-likeness (QED) is 0.760. The molecular weight excluding hydrogens is 222 g/mol. The molecule has 0 aliphatic heterocycles. The topological polar surface area (TPSA) is 62.7 Å². The van der Waals surface area contributed by atoms with Gasteiger partial charge in [-0.25, -0.2) is 0 Å². The molecule has 66 valence electrons. The molecule has 2 aromatic rings. The number of nitriles is 1. The number of thiophene rings is 1. The van der Waals surface area contributed by atoms with E-state index >= 15 is 0 Å². The van der Waals surface area contributed by atoms with E-state index in [9.17, 15) is 0 Å².